The normalized spacial score (nSPS) is 10.3. The number of unbranched alkanes of at least 4 members (excludes halogenated alkanes) is 3. The van der Waals surface area contributed by atoms with Gasteiger partial charge in [0.25, 0.3) is 11.8 Å². The number of halogens is 1. The Labute approximate surface area is 180 Å². The molecular weight excluding hydrogens is 436 g/mol. The number of carbonyl (C=O) groups excluding carboxylic acids is 2. The lowest BCUT2D eigenvalue weighted by Crippen LogP contribution is -2.44. The van der Waals surface area contributed by atoms with Crippen LogP contribution in [-0.4, -0.2) is 25.0 Å². The zero-order valence-corrected chi connectivity index (χ0v) is 18.4. The SMILES string of the molecule is CCCCCCOc1ccc(Br)cc1C(=O)NNC(=O)COc1cccc(C)c1. The Kier molecular flexibility index (Phi) is 9.50. The Morgan fingerprint density at radius 3 is 2.59 bits per heavy atom. The summed E-state index contributed by atoms with van der Waals surface area (Å²) >= 11 is 3.36. The van der Waals surface area contributed by atoms with Crippen molar-refractivity contribution in [1.82, 2.24) is 10.9 Å². The third-order valence-corrected chi connectivity index (χ3v) is 4.61. The van der Waals surface area contributed by atoms with Crippen molar-refractivity contribution in [3.63, 3.8) is 0 Å². The van der Waals surface area contributed by atoms with E-state index in [0.29, 0.717) is 23.7 Å². The summed E-state index contributed by atoms with van der Waals surface area (Å²) < 4.78 is 11.9. The van der Waals surface area contributed by atoms with Crippen molar-refractivity contribution in [2.24, 2.45) is 0 Å². The van der Waals surface area contributed by atoms with Crippen molar-refractivity contribution in [1.29, 1.82) is 0 Å². The molecule has 0 atom stereocenters. The van der Waals surface area contributed by atoms with Crippen molar-refractivity contribution >= 4 is 27.7 Å². The molecule has 0 aliphatic heterocycles. The number of hydrogen-bond acceptors (Lipinski definition) is 4. The first-order valence-electron chi connectivity index (χ1n) is 9.70. The van der Waals surface area contributed by atoms with Gasteiger partial charge in [0.05, 0.1) is 12.2 Å². The molecule has 0 spiro atoms. The second kappa shape index (κ2) is 12.1. The zero-order chi connectivity index (χ0) is 21.1. The van der Waals surface area contributed by atoms with Crippen LogP contribution in [-0.2, 0) is 4.79 Å². The second-order valence-corrected chi connectivity index (χ2v) is 7.57. The number of aryl methyl sites for hydroxylation is 1. The molecule has 156 valence electrons. The first-order chi connectivity index (χ1) is 14.0. The maximum atomic E-state index is 12.5. The molecule has 0 aliphatic rings. The lowest BCUT2D eigenvalue weighted by Gasteiger charge is -2.13. The van der Waals surface area contributed by atoms with E-state index in [9.17, 15) is 9.59 Å². The van der Waals surface area contributed by atoms with Crippen LogP contribution in [0.3, 0.4) is 0 Å². The summed E-state index contributed by atoms with van der Waals surface area (Å²) in [5, 5.41) is 0. The average molecular weight is 463 g/mol. The topological polar surface area (TPSA) is 76.7 Å². The van der Waals surface area contributed by atoms with E-state index in [4.69, 9.17) is 9.47 Å². The lowest BCUT2D eigenvalue weighted by atomic mass is 10.2. The predicted octanol–water partition coefficient (Wildman–Crippen LogP) is 4.56. The average Bonchev–Trinajstić information content (AvgIpc) is 2.71. The van der Waals surface area contributed by atoms with Crippen LogP contribution in [0.15, 0.2) is 46.9 Å². The van der Waals surface area contributed by atoms with Gasteiger partial charge in [-0.05, 0) is 49.2 Å². The summed E-state index contributed by atoms with van der Waals surface area (Å²) in [4.78, 5) is 24.5. The third kappa shape index (κ3) is 8.15. The van der Waals surface area contributed by atoms with Crippen molar-refractivity contribution in [3.8, 4) is 11.5 Å². The molecule has 2 aromatic carbocycles. The molecule has 7 heteroatoms. The van der Waals surface area contributed by atoms with Gasteiger partial charge in [0.2, 0.25) is 0 Å². The van der Waals surface area contributed by atoms with Crippen LogP contribution < -0.4 is 20.3 Å². The van der Waals surface area contributed by atoms with E-state index >= 15 is 0 Å². The number of rotatable bonds is 10. The van der Waals surface area contributed by atoms with Gasteiger partial charge in [-0.3, -0.25) is 20.4 Å². The molecule has 0 aliphatic carbocycles. The van der Waals surface area contributed by atoms with E-state index in [1.54, 1.807) is 18.2 Å². The fourth-order valence-corrected chi connectivity index (χ4v) is 2.96. The van der Waals surface area contributed by atoms with Crippen molar-refractivity contribution in [2.75, 3.05) is 13.2 Å². The third-order valence-electron chi connectivity index (χ3n) is 4.12. The molecule has 0 heterocycles. The van der Waals surface area contributed by atoms with Gasteiger partial charge < -0.3 is 9.47 Å². The summed E-state index contributed by atoms with van der Waals surface area (Å²) in [5.41, 5.74) is 6.15. The van der Waals surface area contributed by atoms with Gasteiger partial charge in [0.1, 0.15) is 11.5 Å². The van der Waals surface area contributed by atoms with Gasteiger partial charge in [-0.2, -0.15) is 0 Å². The number of nitrogens with one attached hydrogen (secondary N) is 2. The molecule has 2 N–H and O–H groups in total. The molecule has 29 heavy (non-hydrogen) atoms. The van der Waals surface area contributed by atoms with Crippen LogP contribution in [0.2, 0.25) is 0 Å². The van der Waals surface area contributed by atoms with Gasteiger partial charge in [-0.25, -0.2) is 0 Å². The van der Waals surface area contributed by atoms with Gasteiger partial charge >= 0.3 is 0 Å². The zero-order valence-electron chi connectivity index (χ0n) is 16.8. The standard InChI is InChI=1S/C22H27BrN2O4/c1-3-4-5-6-12-28-20-11-10-17(23)14-19(20)22(27)25-24-21(26)15-29-18-9-7-8-16(2)13-18/h7-11,13-14H,3-6,12,15H2,1-2H3,(H,24,26)(H,25,27). The summed E-state index contributed by atoms with van der Waals surface area (Å²) in [6.07, 6.45) is 4.33. The summed E-state index contributed by atoms with van der Waals surface area (Å²) in [6.45, 7) is 4.43. The quantitative estimate of drug-likeness (QED) is 0.400. The maximum absolute atomic E-state index is 12.5. The van der Waals surface area contributed by atoms with Gasteiger partial charge in [-0.15, -0.1) is 0 Å². The molecule has 0 bridgehead atoms. The second-order valence-electron chi connectivity index (χ2n) is 6.66. The van der Waals surface area contributed by atoms with Crippen molar-refractivity contribution in [2.45, 2.75) is 39.5 Å². The molecule has 2 aromatic rings. The Bertz CT molecular complexity index is 826. The number of hydrogen-bond donors (Lipinski definition) is 2. The van der Waals surface area contributed by atoms with Crippen LogP contribution >= 0.6 is 15.9 Å². The molecule has 2 amide bonds. The molecular formula is C22H27BrN2O4. The highest BCUT2D eigenvalue weighted by Crippen LogP contribution is 2.23. The number of benzene rings is 2. The Morgan fingerprint density at radius 1 is 1.00 bits per heavy atom. The Morgan fingerprint density at radius 2 is 1.83 bits per heavy atom. The highest BCUT2D eigenvalue weighted by atomic mass is 79.9. The lowest BCUT2D eigenvalue weighted by molar-refractivity contribution is -0.123. The molecule has 0 aromatic heterocycles. The van der Waals surface area contributed by atoms with Crippen LogP contribution in [0.5, 0.6) is 11.5 Å². The monoisotopic (exact) mass is 462 g/mol. The molecule has 0 unspecified atom stereocenters. The predicted molar refractivity (Wildman–Crippen MR) is 116 cm³/mol. The van der Waals surface area contributed by atoms with Gasteiger partial charge in [0.15, 0.2) is 6.61 Å². The van der Waals surface area contributed by atoms with Gasteiger partial charge in [-0.1, -0.05) is 54.2 Å². The van der Waals surface area contributed by atoms with Crippen LogP contribution in [0.1, 0.15) is 48.5 Å². The van der Waals surface area contributed by atoms with E-state index in [1.807, 2.05) is 31.2 Å². The number of hydrazine groups is 1. The van der Waals surface area contributed by atoms with Crippen molar-refractivity contribution < 1.29 is 19.1 Å². The maximum Gasteiger partial charge on any atom is 0.276 e. The van der Waals surface area contributed by atoms with Crippen LogP contribution in [0, 0.1) is 6.92 Å². The molecule has 0 radical (unpaired) electrons. The molecule has 2 rings (SSSR count). The highest BCUT2D eigenvalue weighted by molar-refractivity contribution is 9.10. The van der Waals surface area contributed by atoms with Crippen LogP contribution in [0.25, 0.3) is 0 Å². The summed E-state index contributed by atoms with van der Waals surface area (Å²) in [7, 11) is 0. The summed E-state index contributed by atoms with van der Waals surface area (Å²) in [5.74, 6) is 0.153. The number of amides is 2. The fourth-order valence-electron chi connectivity index (χ4n) is 2.60. The largest absolute Gasteiger partial charge is 0.493 e. The molecule has 6 nitrogen and oxygen atoms in total. The van der Waals surface area contributed by atoms with Crippen molar-refractivity contribution in [3.05, 3.63) is 58.1 Å². The van der Waals surface area contributed by atoms with E-state index in [0.717, 1.165) is 35.7 Å². The minimum atomic E-state index is -0.461. The van der Waals surface area contributed by atoms with E-state index in [-0.39, 0.29) is 6.61 Å². The first kappa shape index (κ1) is 22.7. The number of carbonyl (C=O) groups is 2. The fraction of sp³-hybridized carbons (Fsp3) is 0.364. The van der Waals surface area contributed by atoms with Gasteiger partial charge in [0, 0.05) is 4.47 Å². The smallest absolute Gasteiger partial charge is 0.276 e. The van der Waals surface area contributed by atoms with Crippen LogP contribution in [0.4, 0.5) is 0 Å². The minimum absolute atomic E-state index is 0.205. The minimum Gasteiger partial charge on any atom is -0.493 e. The van der Waals surface area contributed by atoms with E-state index < -0.39 is 11.8 Å². The molecule has 0 saturated heterocycles. The Hall–Kier alpha value is -2.54. The first-order valence-corrected chi connectivity index (χ1v) is 10.5. The molecule has 0 fully saturated rings. The highest BCUT2D eigenvalue weighted by Gasteiger charge is 2.14. The van der Waals surface area contributed by atoms with E-state index in [1.165, 1.54) is 0 Å². The Balaban J connectivity index is 1.85. The number of ether oxygens (including phenoxy) is 2. The molecule has 0 saturated carbocycles. The van der Waals surface area contributed by atoms with E-state index in [2.05, 4.69) is 33.7 Å². The summed E-state index contributed by atoms with van der Waals surface area (Å²) in [6, 6.07) is 12.6.